The zero-order chi connectivity index (χ0) is 47.1. The first-order valence-electron chi connectivity index (χ1n) is 23.3. The lowest BCUT2D eigenvalue weighted by molar-refractivity contribution is -0.140. The van der Waals surface area contributed by atoms with E-state index >= 15 is 9.59 Å². The second-order valence-corrected chi connectivity index (χ2v) is 17.2. The Morgan fingerprint density at radius 1 is 0.545 bits per heavy atom. The Bertz CT molecular complexity index is 2510. The Hall–Kier alpha value is -6.32. The number of hydrogen-bond donors (Lipinski definition) is 2. The SMILES string of the molecule is C=COCCNC(C(=O)N(CCc1ccc(C)cc1)c1ccc(C)c(C)c1)(c1ccccc1)C(NCCOCC)(C(=O)N(CCc1ccc(C)cc1)c1ccc(C)c(C)c1)c1ccccc1. The molecule has 6 aromatic rings. The standard InChI is InChI=1S/C58H68N4O4/c1-9-65-39-35-59-57(51-17-13-11-14-18-51,55(63)61(53-31-25-45(5)47(7)41-53)37-33-49-27-21-43(3)22-28-49)58(60-36-40-66-10-2,52-19-15-12-16-20-52)56(64)62(54-32-26-46(6)48(8)42-54)38-34-50-29-23-44(4)24-30-50/h9,11-32,41-42,59-60H,1,10,33-40H2,2-8H3. The van der Waals surface area contributed by atoms with Crippen LogP contribution in [0.4, 0.5) is 11.4 Å². The molecule has 0 aliphatic heterocycles. The van der Waals surface area contributed by atoms with E-state index in [1.54, 1.807) is 0 Å². The minimum atomic E-state index is -1.84. The van der Waals surface area contributed by atoms with Crippen molar-refractivity contribution >= 4 is 23.2 Å². The number of amides is 2. The summed E-state index contributed by atoms with van der Waals surface area (Å²) in [5, 5.41) is 7.67. The molecule has 0 heterocycles. The Balaban J connectivity index is 1.71. The first kappa shape index (κ1) is 49.1. The first-order chi connectivity index (χ1) is 31.9. The van der Waals surface area contributed by atoms with Crippen molar-refractivity contribution in [2.45, 2.75) is 72.4 Å². The molecule has 6 aromatic carbocycles. The molecule has 66 heavy (non-hydrogen) atoms. The fourth-order valence-electron chi connectivity index (χ4n) is 8.71. The Labute approximate surface area is 393 Å². The van der Waals surface area contributed by atoms with Crippen LogP contribution < -0.4 is 20.4 Å². The van der Waals surface area contributed by atoms with Gasteiger partial charge in [-0.05, 0) is 130 Å². The van der Waals surface area contributed by atoms with Crippen LogP contribution in [0.25, 0.3) is 0 Å². The number of carbonyl (C=O) groups excluding carboxylic acids is 2. The number of nitrogens with one attached hydrogen (secondary N) is 2. The van der Waals surface area contributed by atoms with Gasteiger partial charge in [-0.25, -0.2) is 0 Å². The fraction of sp³-hybridized carbons (Fsp3) is 0.310. The highest BCUT2D eigenvalue weighted by Crippen LogP contribution is 2.46. The lowest BCUT2D eigenvalue weighted by atomic mass is 9.65. The van der Waals surface area contributed by atoms with Crippen LogP contribution in [0.15, 0.2) is 158 Å². The molecule has 0 spiro atoms. The van der Waals surface area contributed by atoms with Crippen molar-refractivity contribution < 1.29 is 19.1 Å². The van der Waals surface area contributed by atoms with Gasteiger partial charge in [0.25, 0.3) is 11.8 Å². The van der Waals surface area contributed by atoms with Gasteiger partial charge in [0, 0.05) is 44.2 Å². The molecule has 0 aromatic heterocycles. The normalized spacial score (nSPS) is 13.0. The summed E-state index contributed by atoms with van der Waals surface area (Å²) in [5.74, 6) is -0.601. The summed E-state index contributed by atoms with van der Waals surface area (Å²) in [6, 6.07) is 48.7. The van der Waals surface area contributed by atoms with Gasteiger partial charge in [0.15, 0.2) is 11.1 Å². The van der Waals surface area contributed by atoms with E-state index in [4.69, 9.17) is 9.47 Å². The maximum atomic E-state index is 17.1. The largest absolute Gasteiger partial charge is 0.500 e. The van der Waals surface area contributed by atoms with E-state index in [9.17, 15) is 0 Å². The first-order valence-corrected chi connectivity index (χ1v) is 23.3. The van der Waals surface area contributed by atoms with Gasteiger partial charge in [-0.3, -0.25) is 20.2 Å². The van der Waals surface area contributed by atoms with Crippen LogP contribution in [0.2, 0.25) is 0 Å². The molecule has 344 valence electrons. The van der Waals surface area contributed by atoms with Gasteiger partial charge in [-0.15, -0.1) is 0 Å². The lowest BCUT2D eigenvalue weighted by Crippen LogP contribution is -2.76. The minimum absolute atomic E-state index is 0.185. The number of rotatable bonds is 23. The van der Waals surface area contributed by atoms with Crippen molar-refractivity contribution in [3.8, 4) is 0 Å². The second-order valence-electron chi connectivity index (χ2n) is 17.2. The van der Waals surface area contributed by atoms with Crippen LogP contribution >= 0.6 is 0 Å². The van der Waals surface area contributed by atoms with Gasteiger partial charge >= 0.3 is 0 Å². The summed E-state index contributed by atoms with van der Waals surface area (Å²) in [7, 11) is 0. The molecule has 0 fully saturated rings. The summed E-state index contributed by atoms with van der Waals surface area (Å²) in [6.07, 6.45) is 2.54. The summed E-state index contributed by atoms with van der Waals surface area (Å²) in [5.41, 5.74) is 7.87. The van der Waals surface area contributed by atoms with Gasteiger partial charge in [-0.2, -0.15) is 0 Å². The second kappa shape index (κ2) is 23.2. The van der Waals surface area contributed by atoms with Gasteiger partial charge in [0.05, 0.1) is 19.5 Å². The quantitative estimate of drug-likeness (QED) is 0.0493. The van der Waals surface area contributed by atoms with Crippen molar-refractivity contribution in [2.24, 2.45) is 0 Å². The molecule has 0 aliphatic carbocycles. The topological polar surface area (TPSA) is 83.1 Å². The summed E-state index contributed by atoms with van der Waals surface area (Å²) in [6.45, 7) is 20.3. The lowest BCUT2D eigenvalue weighted by Gasteiger charge is -2.52. The number of ether oxygens (including phenoxy) is 2. The molecule has 8 nitrogen and oxygen atoms in total. The van der Waals surface area contributed by atoms with E-state index in [0.717, 1.165) is 55.9 Å². The third-order valence-corrected chi connectivity index (χ3v) is 12.8. The molecule has 0 bridgehead atoms. The van der Waals surface area contributed by atoms with E-state index in [-0.39, 0.29) is 38.1 Å². The Morgan fingerprint density at radius 3 is 1.33 bits per heavy atom. The average molecular weight is 885 g/mol. The minimum Gasteiger partial charge on any atom is -0.500 e. The average Bonchev–Trinajstić information content (AvgIpc) is 3.33. The van der Waals surface area contributed by atoms with Crippen LogP contribution in [0.1, 0.15) is 62.6 Å². The molecule has 0 radical (unpaired) electrons. The molecule has 2 N–H and O–H groups in total. The number of hydrogen-bond acceptors (Lipinski definition) is 6. The summed E-state index contributed by atoms with van der Waals surface area (Å²) >= 11 is 0. The molecule has 2 unspecified atom stereocenters. The zero-order valence-electron chi connectivity index (χ0n) is 40.0. The van der Waals surface area contributed by atoms with Crippen LogP contribution in [-0.4, -0.2) is 57.8 Å². The van der Waals surface area contributed by atoms with Crippen LogP contribution in [-0.2, 0) is 43.0 Å². The number of aryl methyl sites for hydroxylation is 6. The molecule has 0 saturated carbocycles. The molecule has 6 rings (SSSR count). The van der Waals surface area contributed by atoms with E-state index in [1.165, 1.54) is 6.26 Å². The third-order valence-electron chi connectivity index (χ3n) is 12.8. The van der Waals surface area contributed by atoms with E-state index in [0.29, 0.717) is 43.7 Å². The van der Waals surface area contributed by atoms with Crippen molar-refractivity contribution in [3.05, 3.63) is 214 Å². The fourth-order valence-corrected chi connectivity index (χ4v) is 8.71. The number of carbonyl (C=O) groups is 2. The zero-order valence-corrected chi connectivity index (χ0v) is 40.0. The van der Waals surface area contributed by atoms with Crippen LogP contribution in [0.5, 0.6) is 0 Å². The Kier molecular flexibility index (Phi) is 17.3. The summed E-state index contributed by atoms with van der Waals surface area (Å²) in [4.78, 5) is 38.1. The summed E-state index contributed by atoms with van der Waals surface area (Å²) < 4.78 is 11.8. The molecule has 0 aliphatic rings. The number of anilines is 2. The molecule has 2 amide bonds. The monoisotopic (exact) mass is 885 g/mol. The Morgan fingerprint density at radius 2 is 0.955 bits per heavy atom. The van der Waals surface area contributed by atoms with E-state index in [2.05, 4.69) is 132 Å². The van der Waals surface area contributed by atoms with Crippen molar-refractivity contribution in [1.29, 1.82) is 0 Å². The predicted octanol–water partition coefficient (Wildman–Crippen LogP) is 10.6. The molecular weight excluding hydrogens is 817 g/mol. The smallest absolute Gasteiger partial charge is 0.254 e. The van der Waals surface area contributed by atoms with Crippen molar-refractivity contribution in [3.63, 3.8) is 0 Å². The number of benzene rings is 6. The maximum absolute atomic E-state index is 17.1. The number of nitrogens with zero attached hydrogens (tertiary/aromatic N) is 2. The molecular formula is C58H68N4O4. The van der Waals surface area contributed by atoms with Gasteiger partial charge in [0.1, 0.15) is 0 Å². The molecule has 8 heteroatoms. The highest BCUT2D eigenvalue weighted by molar-refractivity contribution is 6.11. The van der Waals surface area contributed by atoms with E-state index < -0.39 is 11.1 Å². The van der Waals surface area contributed by atoms with Crippen molar-refractivity contribution in [2.75, 3.05) is 55.8 Å². The third kappa shape index (κ3) is 11.2. The molecule has 0 saturated heterocycles. The highest BCUT2D eigenvalue weighted by Gasteiger charge is 2.65. The predicted molar refractivity (Wildman–Crippen MR) is 271 cm³/mol. The molecule has 2 atom stereocenters. The van der Waals surface area contributed by atoms with Crippen molar-refractivity contribution in [1.82, 2.24) is 10.6 Å². The van der Waals surface area contributed by atoms with Gasteiger partial charge < -0.3 is 19.3 Å². The van der Waals surface area contributed by atoms with Gasteiger partial charge in [-0.1, -0.05) is 139 Å². The van der Waals surface area contributed by atoms with Crippen LogP contribution in [0, 0.1) is 41.5 Å². The van der Waals surface area contributed by atoms with Crippen LogP contribution in [0.3, 0.4) is 0 Å². The van der Waals surface area contributed by atoms with E-state index in [1.807, 2.05) is 89.5 Å². The maximum Gasteiger partial charge on any atom is 0.254 e. The van der Waals surface area contributed by atoms with Gasteiger partial charge in [0.2, 0.25) is 0 Å². The highest BCUT2D eigenvalue weighted by atomic mass is 16.5.